The molecule has 132 valence electrons. The van der Waals surface area contributed by atoms with E-state index in [1.54, 1.807) is 4.90 Å². The number of hydrogen-bond acceptors (Lipinski definition) is 3. The van der Waals surface area contributed by atoms with E-state index in [9.17, 15) is 9.59 Å². The average molecular weight is 352 g/mol. The van der Waals surface area contributed by atoms with Gasteiger partial charge in [-0.25, -0.2) is 0 Å². The number of benzene rings is 1. The molecule has 2 saturated heterocycles. The predicted octanol–water partition coefficient (Wildman–Crippen LogP) is 1.92. The first-order valence-electron chi connectivity index (χ1n) is 8.53. The summed E-state index contributed by atoms with van der Waals surface area (Å²) in [5, 5.41) is 3.28. The van der Waals surface area contributed by atoms with E-state index in [0.717, 1.165) is 38.8 Å². The van der Waals surface area contributed by atoms with Gasteiger partial charge in [-0.2, -0.15) is 0 Å². The molecule has 0 aromatic heterocycles. The minimum absolute atomic E-state index is 0. The minimum Gasteiger partial charge on any atom is -0.341 e. The molecular weight excluding hydrogens is 326 g/mol. The number of carbonyl (C=O) groups excluding carboxylic acids is 2. The Morgan fingerprint density at radius 2 is 1.71 bits per heavy atom. The zero-order valence-electron chi connectivity index (χ0n) is 14.1. The van der Waals surface area contributed by atoms with Crippen molar-refractivity contribution in [2.24, 2.45) is 0 Å². The molecule has 3 rings (SSSR count). The van der Waals surface area contributed by atoms with Gasteiger partial charge in [0.2, 0.25) is 5.91 Å². The van der Waals surface area contributed by atoms with Crippen molar-refractivity contribution >= 4 is 24.2 Å². The molecule has 5 nitrogen and oxygen atoms in total. The van der Waals surface area contributed by atoms with Crippen molar-refractivity contribution in [1.82, 2.24) is 15.1 Å². The average Bonchev–Trinajstić information content (AvgIpc) is 3.11. The summed E-state index contributed by atoms with van der Waals surface area (Å²) in [5.74, 6) is 0.105. The van der Waals surface area contributed by atoms with E-state index in [1.165, 1.54) is 0 Å². The maximum atomic E-state index is 12.9. The highest BCUT2D eigenvalue weighted by atomic mass is 35.5. The fraction of sp³-hybridized carbons (Fsp3) is 0.556. The second-order valence-electron chi connectivity index (χ2n) is 6.41. The summed E-state index contributed by atoms with van der Waals surface area (Å²) in [6.07, 6.45) is 3.66. The van der Waals surface area contributed by atoms with Gasteiger partial charge in [0.05, 0.1) is 0 Å². The Kier molecular flexibility index (Phi) is 6.63. The van der Waals surface area contributed by atoms with E-state index in [1.807, 2.05) is 42.3 Å². The van der Waals surface area contributed by atoms with Crippen molar-refractivity contribution in [3.8, 4) is 0 Å². The van der Waals surface area contributed by atoms with Gasteiger partial charge in [-0.3, -0.25) is 9.59 Å². The lowest BCUT2D eigenvalue weighted by Crippen LogP contribution is -2.51. The third kappa shape index (κ3) is 3.90. The topological polar surface area (TPSA) is 52.7 Å². The highest BCUT2D eigenvalue weighted by molar-refractivity contribution is 5.97. The number of piperidine rings is 1. The molecule has 1 aromatic carbocycles. The SMILES string of the molecule is CNC1CCN(C(=O)C2CCCN2C(=O)c2ccccc2)CC1.Cl. The van der Waals surface area contributed by atoms with Crippen LogP contribution in [-0.2, 0) is 4.79 Å². The van der Waals surface area contributed by atoms with Crippen molar-refractivity contribution in [1.29, 1.82) is 0 Å². The fourth-order valence-corrected chi connectivity index (χ4v) is 3.61. The number of likely N-dealkylation sites (tertiary alicyclic amines) is 2. The highest BCUT2D eigenvalue weighted by Crippen LogP contribution is 2.23. The lowest BCUT2D eigenvalue weighted by atomic mass is 10.0. The minimum atomic E-state index is -0.283. The molecule has 0 aliphatic carbocycles. The van der Waals surface area contributed by atoms with Crippen molar-refractivity contribution in [3.63, 3.8) is 0 Å². The number of nitrogens with zero attached hydrogens (tertiary/aromatic N) is 2. The monoisotopic (exact) mass is 351 g/mol. The van der Waals surface area contributed by atoms with Crippen LogP contribution in [0.3, 0.4) is 0 Å². The van der Waals surface area contributed by atoms with E-state index in [2.05, 4.69) is 5.32 Å². The molecule has 0 radical (unpaired) electrons. The second kappa shape index (κ2) is 8.49. The molecule has 0 saturated carbocycles. The third-order valence-corrected chi connectivity index (χ3v) is 5.03. The summed E-state index contributed by atoms with van der Waals surface area (Å²) < 4.78 is 0. The molecule has 6 heteroatoms. The fourth-order valence-electron chi connectivity index (χ4n) is 3.61. The maximum Gasteiger partial charge on any atom is 0.254 e. The number of amides is 2. The molecule has 1 atom stereocenters. The van der Waals surface area contributed by atoms with Crippen molar-refractivity contribution in [2.75, 3.05) is 26.7 Å². The van der Waals surface area contributed by atoms with Crippen LogP contribution < -0.4 is 5.32 Å². The zero-order chi connectivity index (χ0) is 16.2. The summed E-state index contributed by atoms with van der Waals surface area (Å²) in [4.78, 5) is 29.2. The van der Waals surface area contributed by atoms with Crippen molar-refractivity contribution in [2.45, 2.75) is 37.8 Å². The lowest BCUT2D eigenvalue weighted by molar-refractivity contribution is -0.136. The summed E-state index contributed by atoms with van der Waals surface area (Å²) in [5.41, 5.74) is 0.668. The van der Waals surface area contributed by atoms with Crippen molar-refractivity contribution in [3.05, 3.63) is 35.9 Å². The zero-order valence-corrected chi connectivity index (χ0v) is 14.9. The quantitative estimate of drug-likeness (QED) is 0.905. The van der Waals surface area contributed by atoms with Crippen LogP contribution in [0.15, 0.2) is 30.3 Å². The number of hydrogen-bond donors (Lipinski definition) is 1. The summed E-state index contributed by atoms with van der Waals surface area (Å²) in [7, 11) is 1.97. The molecule has 2 aliphatic rings. The summed E-state index contributed by atoms with van der Waals surface area (Å²) >= 11 is 0. The van der Waals surface area contributed by atoms with E-state index in [0.29, 0.717) is 18.2 Å². The largest absolute Gasteiger partial charge is 0.341 e. The molecular formula is C18H26ClN3O2. The first-order chi connectivity index (χ1) is 11.2. The van der Waals surface area contributed by atoms with Crippen LogP contribution in [0.2, 0.25) is 0 Å². The molecule has 0 spiro atoms. The Morgan fingerprint density at radius 1 is 1.04 bits per heavy atom. The van der Waals surface area contributed by atoms with Crippen LogP contribution in [0.5, 0.6) is 0 Å². The predicted molar refractivity (Wildman–Crippen MR) is 96.4 cm³/mol. The van der Waals surface area contributed by atoms with Crippen LogP contribution in [0, 0.1) is 0 Å². The van der Waals surface area contributed by atoms with Gasteiger partial charge in [0.1, 0.15) is 6.04 Å². The lowest BCUT2D eigenvalue weighted by Gasteiger charge is -2.35. The molecule has 1 N–H and O–H groups in total. The molecule has 2 heterocycles. The van der Waals surface area contributed by atoms with Gasteiger partial charge >= 0.3 is 0 Å². The number of rotatable bonds is 3. The third-order valence-electron chi connectivity index (χ3n) is 5.03. The van der Waals surface area contributed by atoms with Gasteiger partial charge < -0.3 is 15.1 Å². The Morgan fingerprint density at radius 3 is 2.33 bits per heavy atom. The molecule has 24 heavy (non-hydrogen) atoms. The molecule has 2 amide bonds. The first-order valence-corrected chi connectivity index (χ1v) is 8.53. The Balaban J connectivity index is 0.00000208. The molecule has 1 unspecified atom stereocenters. The second-order valence-corrected chi connectivity index (χ2v) is 6.41. The van der Waals surface area contributed by atoms with Crippen LogP contribution in [-0.4, -0.2) is 60.4 Å². The van der Waals surface area contributed by atoms with E-state index < -0.39 is 0 Å². The Hall–Kier alpha value is -1.59. The maximum absolute atomic E-state index is 12.9. The Labute approximate surface area is 149 Å². The van der Waals surface area contributed by atoms with Gasteiger partial charge in [0.25, 0.3) is 5.91 Å². The van der Waals surface area contributed by atoms with Gasteiger partial charge in [0, 0.05) is 31.2 Å². The number of nitrogens with one attached hydrogen (secondary N) is 1. The summed E-state index contributed by atoms with van der Waals surface area (Å²) in [6, 6.07) is 9.49. The van der Waals surface area contributed by atoms with Crippen molar-refractivity contribution < 1.29 is 9.59 Å². The van der Waals surface area contributed by atoms with Gasteiger partial charge in [-0.15, -0.1) is 12.4 Å². The smallest absolute Gasteiger partial charge is 0.254 e. The number of halogens is 1. The van der Waals surface area contributed by atoms with Gasteiger partial charge in [-0.05, 0) is 44.9 Å². The first kappa shape index (κ1) is 18.7. The van der Waals surface area contributed by atoms with E-state index in [-0.39, 0.29) is 30.3 Å². The van der Waals surface area contributed by atoms with Crippen LogP contribution >= 0.6 is 12.4 Å². The van der Waals surface area contributed by atoms with E-state index in [4.69, 9.17) is 0 Å². The number of carbonyl (C=O) groups is 2. The highest BCUT2D eigenvalue weighted by Gasteiger charge is 2.37. The van der Waals surface area contributed by atoms with Crippen LogP contribution in [0.4, 0.5) is 0 Å². The molecule has 2 fully saturated rings. The van der Waals surface area contributed by atoms with Crippen LogP contribution in [0.25, 0.3) is 0 Å². The standard InChI is InChI=1S/C18H25N3O2.ClH/c1-19-15-9-12-20(13-10-15)18(23)16-8-5-11-21(16)17(22)14-6-3-2-4-7-14;/h2-4,6-7,15-16,19H,5,8-13H2,1H3;1H. The molecule has 2 aliphatic heterocycles. The normalized spacial score (nSPS) is 21.5. The van der Waals surface area contributed by atoms with E-state index >= 15 is 0 Å². The Bertz CT molecular complexity index is 559. The summed E-state index contributed by atoms with van der Waals surface area (Å²) in [6.45, 7) is 2.25. The van der Waals surface area contributed by atoms with Crippen LogP contribution in [0.1, 0.15) is 36.0 Å². The van der Waals surface area contributed by atoms with Gasteiger partial charge in [-0.1, -0.05) is 18.2 Å². The molecule has 1 aromatic rings. The van der Waals surface area contributed by atoms with Gasteiger partial charge in [0.15, 0.2) is 0 Å². The molecule has 0 bridgehead atoms.